The standard InChI is InChI=1S/C51H87NO24/c1-4-5-20-51(26(2)3,27-16-12-10-8-6-7-9-11-13-17-27)31(56)18-14-15-19-32(57)52-21-22-69-47-39(64)35(60)42(29(24-54)71-47)74-50-41(66)37(62)44(45(76-50)46(67)68)75-49-40(65)36(61)43(30(25-55)72-49)73-48-38(63)34(59)33(58)28(23-53)70-48/h27-30,33-45,47-50,53-55,58-66H,2,4-25H2,1,3H3,(H,52,57)(H,67,68)/t28?,29?,30?,33-,34?,35?,36?,37?,38?,39?,40?,41+,42-,43+,44+,45?,47-,48-,49-,50-,51?/m1/s1. The predicted molar refractivity (Wildman–Crippen MR) is 261 cm³/mol. The number of carboxylic acids is 1. The molecular weight excluding hydrogens is 1010 g/mol. The maximum Gasteiger partial charge on any atom is 0.335 e. The van der Waals surface area contributed by atoms with Crippen LogP contribution in [0.1, 0.15) is 123 Å². The molecule has 0 aromatic carbocycles. The Morgan fingerprint density at radius 1 is 0.566 bits per heavy atom. The molecule has 0 aromatic heterocycles. The number of Topliss-reactive ketones (excluding diaryl/α,β-unsaturated/α-hetero) is 1. The van der Waals surface area contributed by atoms with Gasteiger partial charge in [0, 0.05) is 19.4 Å². The van der Waals surface area contributed by atoms with Crippen LogP contribution in [0.5, 0.6) is 0 Å². The fourth-order valence-corrected chi connectivity index (χ4v) is 11.2. The number of rotatable bonds is 25. The molecule has 14 N–H and O–H groups in total. The van der Waals surface area contributed by atoms with Crippen molar-refractivity contribution in [2.24, 2.45) is 11.3 Å². The summed E-state index contributed by atoms with van der Waals surface area (Å²) in [5.41, 5.74) is 0.362. The number of hydrogen-bond acceptors (Lipinski definition) is 23. The Bertz CT molecular complexity index is 1770. The number of hydrogen-bond donors (Lipinski definition) is 14. The topological polar surface area (TPSA) is 400 Å². The van der Waals surface area contributed by atoms with Gasteiger partial charge in [-0.05, 0) is 44.9 Å². The van der Waals surface area contributed by atoms with Gasteiger partial charge in [-0.2, -0.15) is 0 Å². The van der Waals surface area contributed by atoms with Gasteiger partial charge in [-0.25, -0.2) is 4.79 Å². The van der Waals surface area contributed by atoms with Gasteiger partial charge in [-0.3, -0.25) is 9.59 Å². The van der Waals surface area contributed by atoms with E-state index in [0.29, 0.717) is 19.3 Å². The van der Waals surface area contributed by atoms with Crippen LogP contribution in [-0.4, -0.2) is 240 Å². The van der Waals surface area contributed by atoms with Crippen molar-refractivity contribution in [3.05, 3.63) is 12.2 Å². The van der Waals surface area contributed by atoms with E-state index in [9.17, 15) is 80.8 Å². The molecule has 1 saturated carbocycles. The Balaban J connectivity index is 1.09. The van der Waals surface area contributed by atoms with Crippen molar-refractivity contribution in [1.82, 2.24) is 5.32 Å². The van der Waals surface area contributed by atoms with Gasteiger partial charge in [0.1, 0.15) is 97.3 Å². The summed E-state index contributed by atoms with van der Waals surface area (Å²) in [5.74, 6) is -1.66. The van der Waals surface area contributed by atoms with E-state index in [1.165, 1.54) is 38.5 Å². The van der Waals surface area contributed by atoms with Crippen LogP contribution in [0.4, 0.5) is 0 Å². The summed E-state index contributed by atoms with van der Waals surface area (Å²) in [7, 11) is 0. The van der Waals surface area contributed by atoms with E-state index in [-0.39, 0.29) is 37.2 Å². The zero-order chi connectivity index (χ0) is 55.9. The molecule has 5 rings (SSSR count). The van der Waals surface area contributed by atoms with Gasteiger partial charge in [0.25, 0.3) is 0 Å². The summed E-state index contributed by atoms with van der Waals surface area (Å²) in [4.78, 5) is 39.6. The lowest BCUT2D eigenvalue weighted by Crippen LogP contribution is -2.68. The monoisotopic (exact) mass is 1100 g/mol. The number of ketones is 1. The summed E-state index contributed by atoms with van der Waals surface area (Å²) < 4.78 is 44.2. The van der Waals surface area contributed by atoms with Gasteiger partial charge >= 0.3 is 5.97 Å². The summed E-state index contributed by atoms with van der Waals surface area (Å²) in [6, 6.07) is 0. The first-order valence-electron chi connectivity index (χ1n) is 27.1. The van der Waals surface area contributed by atoms with Crippen LogP contribution in [0.2, 0.25) is 0 Å². The Labute approximate surface area is 443 Å². The van der Waals surface area contributed by atoms with Crippen LogP contribution in [0.3, 0.4) is 0 Å². The highest BCUT2D eigenvalue weighted by atomic mass is 16.8. The normalized spacial score (nSPS) is 39.1. The SMILES string of the molecule is C=C(C)C(CCCC)(C(=O)CCCCC(=O)NCCO[C@@H]1OC(CO)[C@@H](O[C@@H]2OC(C(=O)O)[C@@H](O[C@H]3OC(CO)[C@H](O[C@H]4OC(CO)[C@@H](O)C(O)C4O)C(O)C3O)C(O)[C@@H]2O)C(O)C1O)C1CCCCCCCCCC1. The third kappa shape index (κ3) is 15.9. The predicted octanol–water partition coefficient (Wildman–Crippen LogP) is -2.10. The summed E-state index contributed by atoms with van der Waals surface area (Å²) >= 11 is 0. The Morgan fingerprint density at radius 3 is 1.53 bits per heavy atom. The minimum atomic E-state index is -2.26. The largest absolute Gasteiger partial charge is 0.479 e. The van der Waals surface area contributed by atoms with E-state index in [1.807, 2.05) is 6.92 Å². The second kappa shape index (κ2) is 30.9. The summed E-state index contributed by atoms with van der Waals surface area (Å²) in [5, 5.41) is 140. The van der Waals surface area contributed by atoms with E-state index in [1.54, 1.807) is 0 Å². The van der Waals surface area contributed by atoms with Gasteiger partial charge in [0.15, 0.2) is 31.3 Å². The van der Waals surface area contributed by atoms with E-state index in [2.05, 4.69) is 18.8 Å². The Kier molecular flexibility index (Phi) is 26.2. The first kappa shape index (κ1) is 64.4. The second-order valence-electron chi connectivity index (χ2n) is 21.0. The number of aliphatic hydroxyl groups is 12. The average molecular weight is 1100 g/mol. The van der Waals surface area contributed by atoms with Gasteiger partial charge in [0.2, 0.25) is 5.91 Å². The molecule has 4 aliphatic heterocycles. The van der Waals surface area contributed by atoms with Crippen molar-refractivity contribution in [3.63, 3.8) is 0 Å². The molecule has 5 fully saturated rings. The molecular formula is C51H87NO24. The fraction of sp³-hybridized carbons (Fsp3) is 0.902. The maximum atomic E-state index is 14.3. The van der Waals surface area contributed by atoms with Crippen molar-refractivity contribution >= 4 is 17.7 Å². The van der Waals surface area contributed by atoms with Crippen LogP contribution >= 0.6 is 0 Å². The quantitative estimate of drug-likeness (QED) is 0.0344. The molecule has 1 aliphatic carbocycles. The van der Waals surface area contributed by atoms with Crippen LogP contribution in [-0.2, 0) is 52.3 Å². The molecule has 0 spiro atoms. The zero-order valence-electron chi connectivity index (χ0n) is 43.7. The van der Waals surface area contributed by atoms with Crippen molar-refractivity contribution in [1.29, 1.82) is 0 Å². The van der Waals surface area contributed by atoms with Crippen LogP contribution in [0.15, 0.2) is 12.2 Å². The number of unbranched alkanes of at least 4 members (excludes halogenated alkanes) is 2. The van der Waals surface area contributed by atoms with Gasteiger partial charge in [-0.15, -0.1) is 0 Å². The van der Waals surface area contributed by atoms with Crippen molar-refractivity contribution < 1.29 is 119 Å². The molecule has 0 aromatic rings. The number of carbonyl (C=O) groups is 3. The first-order valence-corrected chi connectivity index (χ1v) is 27.1. The van der Waals surface area contributed by atoms with Gasteiger partial charge in [0.05, 0.1) is 31.8 Å². The smallest absolute Gasteiger partial charge is 0.335 e. The lowest BCUT2D eigenvalue weighted by atomic mass is 9.61. The highest BCUT2D eigenvalue weighted by molar-refractivity contribution is 5.88. The number of ether oxygens (including phenoxy) is 8. The van der Waals surface area contributed by atoms with Gasteiger partial charge in [-0.1, -0.05) is 83.3 Å². The van der Waals surface area contributed by atoms with Crippen molar-refractivity contribution in [2.45, 2.75) is 246 Å². The molecule has 440 valence electrons. The molecule has 0 bridgehead atoms. The molecule has 21 atom stereocenters. The fourth-order valence-electron chi connectivity index (χ4n) is 11.2. The van der Waals surface area contributed by atoms with E-state index < -0.39 is 154 Å². The van der Waals surface area contributed by atoms with Gasteiger partial charge < -0.3 is 110 Å². The molecule has 5 aliphatic rings. The molecule has 4 saturated heterocycles. The number of amides is 1. The Hall–Kier alpha value is -2.45. The number of allylic oxidation sites excluding steroid dienone is 1. The third-order valence-electron chi connectivity index (χ3n) is 15.7. The maximum absolute atomic E-state index is 14.3. The average Bonchev–Trinajstić information content (AvgIpc) is 3.46. The Morgan fingerprint density at radius 2 is 1.01 bits per heavy atom. The first-order chi connectivity index (χ1) is 36.3. The van der Waals surface area contributed by atoms with Crippen LogP contribution in [0.25, 0.3) is 0 Å². The summed E-state index contributed by atoms with van der Waals surface area (Å²) in [6.45, 7) is 5.57. The van der Waals surface area contributed by atoms with E-state index in [4.69, 9.17) is 37.9 Å². The summed E-state index contributed by atoms with van der Waals surface area (Å²) in [6.07, 6.45) is -22.5. The van der Waals surface area contributed by atoms with E-state index in [0.717, 1.165) is 50.5 Å². The number of aliphatic hydroxyl groups excluding tert-OH is 12. The number of nitrogens with one attached hydrogen (secondary N) is 1. The minimum absolute atomic E-state index is 0.0412. The molecule has 25 nitrogen and oxygen atoms in total. The minimum Gasteiger partial charge on any atom is -0.479 e. The number of carboxylic acid groups (broad SMARTS) is 1. The molecule has 1 amide bonds. The lowest BCUT2D eigenvalue weighted by Gasteiger charge is -2.48. The molecule has 0 radical (unpaired) electrons. The highest BCUT2D eigenvalue weighted by Gasteiger charge is 2.57. The molecule has 25 heteroatoms. The van der Waals surface area contributed by atoms with Crippen LogP contribution in [0, 0.1) is 11.3 Å². The van der Waals surface area contributed by atoms with Crippen molar-refractivity contribution in [2.75, 3.05) is 33.0 Å². The molecule has 76 heavy (non-hydrogen) atoms. The van der Waals surface area contributed by atoms with Crippen molar-refractivity contribution in [3.8, 4) is 0 Å². The van der Waals surface area contributed by atoms with Crippen LogP contribution < -0.4 is 5.32 Å². The number of carbonyl (C=O) groups excluding carboxylic acids is 2. The molecule has 12 unspecified atom stereocenters. The molecule has 4 heterocycles. The highest BCUT2D eigenvalue weighted by Crippen LogP contribution is 2.47. The number of aliphatic carboxylic acids is 1. The van der Waals surface area contributed by atoms with E-state index >= 15 is 0 Å². The third-order valence-corrected chi connectivity index (χ3v) is 15.7. The zero-order valence-corrected chi connectivity index (χ0v) is 43.7. The second-order valence-corrected chi connectivity index (χ2v) is 21.0. The lowest BCUT2D eigenvalue weighted by molar-refractivity contribution is -0.385.